The number of hydrogen-bond acceptors (Lipinski definition) is 2. The Morgan fingerprint density at radius 1 is 1.31 bits per heavy atom. The van der Waals surface area contributed by atoms with Gasteiger partial charge in [0.15, 0.2) is 0 Å². The molecule has 0 saturated heterocycles. The van der Waals surface area contributed by atoms with Crippen LogP contribution in [0, 0.1) is 0 Å². The van der Waals surface area contributed by atoms with Gasteiger partial charge in [0.1, 0.15) is 6.01 Å². The predicted octanol–water partition coefficient (Wildman–Crippen LogP) is 4.14. The summed E-state index contributed by atoms with van der Waals surface area (Å²) in [6.07, 6.45) is 7.33. The third kappa shape index (κ3) is 4.36. The largest absolute Gasteiger partial charge is 0.188 e. The van der Waals surface area contributed by atoms with Crippen molar-refractivity contribution in [2.24, 2.45) is 9.98 Å². The van der Waals surface area contributed by atoms with Gasteiger partial charge in [0, 0.05) is 0 Å². The van der Waals surface area contributed by atoms with Gasteiger partial charge in [0.25, 0.3) is 0 Å². The van der Waals surface area contributed by atoms with Gasteiger partial charge in [-0.2, -0.15) is 9.98 Å². The van der Waals surface area contributed by atoms with Gasteiger partial charge < -0.3 is 0 Å². The molecular formula is C14H14N2. The highest BCUT2D eigenvalue weighted by Gasteiger charge is 1.83. The SMILES string of the molecule is C=C/C(=C\C=C/C)N=C=Nc1ccccc1. The van der Waals surface area contributed by atoms with Crippen LogP contribution in [-0.4, -0.2) is 6.01 Å². The molecule has 16 heavy (non-hydrogen) atoms. The lowest BCUT2D eigenvalue weighted by Crippen LogP contribution is -1.68. The van der Waals surface area contributed by atoms with Crippen LogP contribution in [0.4, 0.5) is 5.69 Å². The van der Waals surface area contributed by atoms with E-state index in [1.165, 1.54) is 0 Å². The molecule has 0 bridgehead atoms. The lowest BCUT2D eigenvalue weighted by Gasteiger charge is -1.87. The summed E-state index contributed by atoms with van der Waals surface area (Å²) in [4.78, 5) is 8.12. The van der Waals surface area contributed by atoms with Crippen molar-refractivity contribution in [3.63, 3.8) is 0 Å². The second-order valence-electron chi connectivity index (χ2n) is 2.98. The molecule has 1 aromatic rings. The van der Waals surface area contributed by atoms with Gasteiger partial charge in [-0.25, -0.2) is 0 Å². The van der Waals surface area contributed by atoms with Crippen molar-refractivity contribution in [2.75, 3.05) is 0 Å². The Bertz CT molecular complexity index is 447. The van der Waals surface area contributed by atoms with Crippen LogP contribution in [0.15, 0.2) is 76.9 Å². The third-order valence-electron chi connectivity index (χ3n) is 1.78. The molecule has 80 valence electrons. The lowest BCUT2D eigenvalue weighted by molar-refractivity contribution is 1.41. The van der Waals surface area contributed by atoms with Crippen LogP contribution in [0.1, 0.15) is 6.92 Å². The van der Waals surface area contributed by atoms with Gasteiger partial charge >= 0.3 is 0 Å². The molecule has 0 saturated carbocycles. The highest BCUT2D eigenvalue weighted by atomic mass is 14.8. The van der Waals surface area contributed by atoms with Gasteiger partial charge in [-0.1, -0.05) is 36.9 Å². The highest BCUT2D eigenvalue weighted by Crippen LogP contribution is 2.08. The van der Waals surface area contributed by atoms with E-state index in [2.05, 4.69) is 22.6 Å². The smallest absolute Gasteiger partial charge is 0.100 e. The first-order chi connectivity index (χ1) is 7.86. The van der Waals surface area contributed by atoms with Crippen molar-refractivity contribution in [3.8, 4) is 0 Å². The number of allylic oxidation sites excluding steroid dienone is 4. The molecule has 0 aromatic heterocycles. The van der Waals surface area contributed by atoms with Crippen LogP contribution < -0.4 is 0 Å². The van der Waals surface area contributed by atoms with Crippen molar-refractivity contribution >= 4 is 11.7 Å². The molecule has 0 spiro atoms. The normalized spacial score (nSPS) is 10.9. The maximum atomic E-state index is 4.07. The summed E-state index contributed by atoms with van der Waals surface area (Å²) >= 11 is 0. The molecule has 0 aliphatic rings. The fraction of sp³-hybridized carbons (Fsp3) is 0.0714. The molecule has 2 heteroatoms. The quantitative estimate of drug-likeness (QED) is 0.527. The highest BCUT2D eigenvalue weighted by molar-refractivity contribution is 5.54. The monoisotopic (exact) mass is 210 g/mol. The Morgan fingerprint density at radius 3 is 2.69 bits per heavy atom. The van der Waals surface area contributed by atoms with E-state index in [1.807, 2.05) is 55.5 Å². The maximum absolute atomic E-state index is 4.07. The minimum Gasteiger partial charge on any atom is -0.188 e. The topological polar surface area (TPSA) is 24.7 Å². The Morgan fingerprint density at radius 2 is 2.06 bits per heavy atom. The molecule has 0 aliphatic carbocycles. The number of benzene rings is 1. The molecule has 2 nitrogen and oxygen atoms in total. The Balaban J connectivity index is 2.79. The van der Waals surface area contributed by atoms with Gasteiger partial charge in [-0.05, 0) is 31.2 Å². The minimum atomic E-state index is 0.734. The zero-order valence-electron chi connectivity index (χ0n) is 9.30. The van der Waals surface area contributed by atoms with Crippen LogP contribution in [-0.2, 0) is 0 Å². The van der Waals surface area contributed by atoms with Crippen LogP contribution in [0.25, 0.3) is 0 Å². The molecule has 0 fully saturated rings. The molecule has 0 amide bonds. The van der Waals surface area contributed by atoms with Crippen LogP contribution in [0.3, 0.4) is 0 Å². The van der Waals surface area contributed by atoms with Gasteiger partial charge in [0.2, 0.25) is 0 Å². The van der Waals surface area contributed by atoms with E-state index >= 15 is 0 Å². The summed E-state index contributed by atoms with van der Waals surface area (Å²) < 4.78 is 0. The molecule has 0 N–H and O–H groups in total. The Labute approximate surface area is 96.1 Å². The first kappa shape index (κ1) is 11.9. The molecule has 0 heterocycles. The summed E-state index contributed by atoms with van der Waals surface area (Å²) in [5.41, 5.74) is 1.57. The van der Waals surface area contributed by atoms with Gasteiger partial charge in [0.05, 0.1) is 11.4 Å². The number of hydrogen-bond donors (Lipinski definition) is 0. The van der Waals surface area contributed by atoms with Crippen molar-refractivity contribution < 1.29 is 0 Å². The molecule has 1 rings (SSSR count). The van der Waals surface area contributed by atoms with Crippen molar-refractivity contribution in [1.29, 1.82) is 0 Å². The zero-order chi connectivity index (χ0) is 11.6. The summed E-state index contributed by atoms with van der Waals surface area (Å²) in [7, 11) is 0. The first-order valence-electron chi connectivity index (χ1n) is 5.03. The van der Waals surface area contributed by atoms with Gasteiger partial charge in [-0.3, -0.25) is 0 Å². The van der Waals surface area contributed by atoms with E-state index in [4.69, 9.17) is 0 Å². The molecule has 0 unspecified atom stereocenters. The molecule has 0 aliphatic heterocycles. The first-order valence-corrected chi connectivity index (χ1v) is 5.03. The predicted molar refractivity (Wildman–Crippen MR) is 69.1 cm³/mol. The fourth-order valence-corrected chi connectivity index (χ4v) is 0.989. The van der Waals surface area contributed by atoms with Crippen LogP contribution >= 0.6 is 0 Å². The maximum Gasteiger partial charge on any atom is 0.100 e. The number of para-hydroxylation sites is 1. The van der Waals surface area contributed by atoms with Crippen LogP contribution in [0.2, 0.25) is 0 Å². The zero-order valence-corrected chi connectivity index (χ0v) is 9.30. The third-order valence-corrected chi connectivity index (χ3v) is 1.78. The van der Waals surface area contributed by atoms with E-state index < -0.39 is 0 Å². The van der Waals surface area contributed by atoms with E-state index in [0.717, 1.165) is 11.4 Å². The summed E-state index contributed by atoms with van der Waals surface area (Å²) in [5, 5.41) is 0. The molecule has 1 aromatic carbocycles. The fourth-order valence-electron chi connectivity index (χ4n) is 0.989. The lowest BCUT2D eigenvalue weighted by atomic mass is 10.3. The van der Waals surface area contributed by atoms with Crippen molar-refractivity contribution in [2.45, 2.75) is 6.92 Å². The molecule has 0 atom stereocenters. The number of nitrogens with zero attached hydrogens (tertiary/aromatic N) is 2. The summed E-state index contributed by atoms with van der Waals surface area (Å²) in [6, 6.07) is 12.2. The average Bonchev–Trinajstić information content (AvgIpc) is 2.35. The van der Waals surface area contributed by atoms with Crippen molar-refractivity contribution in [3.05, 3.63) is 66.9 Å². The Hall–Kier alpha value is -2.18. The second kappa shape index (κ2) is 7.16. The number of rotatable bonds is 4. The summed E-state index contributed by atoms with van der Waals surface area (Å²) in [6.45, 7) is 5.61. The number of aliphatic imine (C=N–C) groups is 2. The van der Waals surface area contributed by atoms with Crippen LogP contribution in [0.5, 0.6) is 0 Å². The van der Waals surface area contributed by atoms with E-state index in [-0.39, 0.29) is 0 Å². The van der Waals surface area contributed by atoms with E-state index in [0.29, 0.717) is 0 Å². The van der Waals surface area contributed by atoms with E-state index in [9.17, 15) is 0 Å². The van der Waals surface area contributed by atoms with Gasteiger partial charge in [-0.15, -0.1) is 0 Å². The minimum absolute atomic E-state index is 0.734. The Kier molecular flexibility index (Phi) is 5.32. The second-order valence-corrected chi connectivity index (χ2v) is 2.98. The molecule has 0 radical (unpaired) electrons. The van der Waals surface area contributed by atoms with Crippen molar-refractivity contribution in [1.82, 2.24) is 0 Å². The standard InChI is InChI=1S/C14H14N2/c1-3-5-9-13(4-2)15-12-16-14-10-7-6-8-11-14/h3-11H,2H2,1H3/b5-3-,13-9+. The molecular weight excluding hydrogens is 196 g/mol. The summed E-state index contributed by atoms with van der Waals surface area (Å²) in [5.74, 6) is 0. The average molecular weight is 210 g/mol. The van der Waals surface area contributed by atoms with E-state index in [1.54, 1.807) is 6.08 Å².